The fourth-order valence-electron chi connectivity index (χ4n) is 3.80. The average Bonchev–Trinajstić information content (AvgIpc) is 3.22. The molecule has 0 atom stereocenters. The van der Waals surface area contributed by atoms with Gasteiger partial charge in [-0.2, -0.15) is 0 Å². The molecule has 0 amide bonds. The van der Waals surface area contributed by atoms with E-state index < -0.39 is 0 Å². The first-order valence-corrected chi connectivity index (χ1v) is 10.8. The number of hydrogen-bond donors (Lipinski definition) is 1. The Labute approximate surface area is 190 Å². The lowest BCUT2D eigenvalue weighted by atomic mass is 10.1. The zero-order valence-electron chi connectivity index (χ0n) is 16.7. The summed E-state index contributed by atoms with van der Waals surface area (Å²) in [5, 5.41) is 1.18. The molecule has 1 aliphatic rings. The normalized spacial score (nSPS) is 13.9. The van der Waals surface area contributed by atoms with Gasteiger partial charge in [-0.1, -0.05) is 23.2 Å². The zero-order chi connectivity index (χ0) is 21.4. The maximum atomic E-state index is 6.31. The molecule has 3 heterocycles. The van der Waals surface area contributed by atoms with Crippen molar-refractivity contribution in [2.45, 2.75) is 19.5 Å². The largest absolute Gasteiger partial charge is 0.460 e. The molecule has 2 N–H and O–H groups in total. The Hall–Kier alpha value is -2.86. The highest BCUT2D eigenvalue weighted by Gasteiger charge is 2.20. The van der Waals surface area contributed by atoms with Crippen LogP contribution in [-0.2, 0) is 19.5 Å². The van der Waals surface area contributed by atoms with Gasteiger partial charge in [0.2, 0.25) is 0 Å². The number of nitrogens with two attached hydrogens (primary N) is 1. The second-order valence-electron chi connectivity index (χ2n) is 7.64. The van der Waals surface area contributed by atoms with Crippen molar-refractivity contribution in [3.63, 3.8) is 0 Å². The van der Waals surface area contributed by atoms with Gasteiger partial charge in [0.1, 0.15) is 11.5 Å². The van der Waals surface area contributed by atoms with Gasteiger partial charge in [-0.05, 0) is 54.6 Å². The van der Waals surface area contributed by atoms with Crippen LogP contribution in [0.3, 0.4) is 0 Å². The predicted octanol–water partition coefficient (Wildman–Crippen LogP) is 5.85. The van der Waals surface area contributed by atoms with Gasteiger partial charge in [0.05, 0.1) is 17.3 Å². The number of halogens is 2. The van der Waals surface area contributed by atoms with Crippen LogP contribution in [0.5, 0.6) is 0 Å². The molecule has 2 aromatic heterocycles. The third-order valence-electron chi connectivity index (χ3n) is 5.42. The minimum Gasteiger partial charge on any atom is -0.460 e. The van der Waals surface area contributed by atoms with Gasteiger partial charge >= 0.3 is 0 Å². The third-order valence-corrected chi connectivity index (χ3v) is 5.97. The summed E-state index contributed by atoms with van der Waals surface area (Å²) < 4.78 is 6.06. The number of hydrogen-bond acceptors (Lipinski definition) is 5. The highest BCUT2D eigenvalue weighted by Crippen LogP contribution is 2.32. The van der Waals surface area contributed by atoms with Gasteiger partial charge in [-0.15, -0.1) is 0 Å². The molecule has 0 saturated heterocycles. The van der Waals surface area contributed by atoms with E-state index in [0.717, 1.165) is 64.9 Å². The molecule has 4 aromatic rings. The number of nitrogens with zero attached hydrogens (tertiary/aromatic N) is 3. The van der Waals surface area contributed by atoms with Crippen LogP contribution in [0.4, 0.5) is 5.69 Å². The van der Waals surface area contributed by atoms with Crippen molar-refractivity contribution in [1.82, 2.24) is 14.9 Å². The molecule has 2 aromatic carbocycles. The number of fused-ring (bicyclic) bond motifs is 1. The van der Waals surface area contributed by atoms with Crippen molar-refractivity contribution in [2.24, 2.45) is 0 Å². The van der Waals surface area contributed by atoms with Gasteiger partial charge < -0.3 is 10.2 Å². The van der Waals surface area contributed by atoms with Crippen molar-refractivity contribution in [3.8, 4) is 22.7 Å². The Morgan fingerprint density at radius 2 is 1.87 bits per heavy atom. The van der Waals surface area contributed by atoms with Crippen molar-refractivity contribution in [1.29, 1.82) is 0 Å². The molecule has 0 saturated carbocycles. The van der Waals surface area contributed by atoms with Crippen LogP contribution in [-0.4, -0.2) is 21.4 Å². The van der Waals surface area contributed by atoms with Crippen molar-refractivity contribution in [3.05, 3.63) is 87.9 Å². The summed E-state index contributed by atoms with van der Waals surface area (Å²) in [6.45, 7) is 2.41. The van der Waals surface area contributed by atoms with E-state index in [1.54, 1.807) is 6.07 Å². The first-order valence-electron chi connectivity index (χ1n) is 10.0. The highest BCUT2D eigenvalue weighted by molar-refractivity contribution is 6.36. The van der Waals surface area contributed by atoms with Crippen LogP contribution in [0.25, 0.3) is 22.7 Å². The fourth-order valence-corrected chi connectivity index (χ4v) is 4.30. The standard InChI is InChI=1S/C24H20Cl2N4O/c25-17-3-7-20(21(26)11-17)23-8-6-19(31-23)14-30-10-9-22-16(13-30)12-28-24(29-22)15-1-4-18(27)5-2-15/h1-8,11-12H,9-10,13-14,27H2. The lowest BCUT2D eigenvalue weighted by molar-refractivity contribution is 0.224. The van der Waals surface area contributed by atoms with Gasteiger partial charge in [0.15, 0.2) is 5.82 Å². The van der Waals surface area contributed by atoms with E-state index in [2.05, 4.69) is 9.88 Å². The number of rotatable bonds is 4. The van der Waals surface area contributed by atoms with Crippen LogP contribution in [0.2, 0.25) is 10.0 Å². The van der Waals surface area contributed by atoms with Crippen LogP contribution < -0.4 is 5.73 Å². The van der Waals surface area contributed by atoms with Crippen LogP contribution >= 0.6 is 23.2 Å². The van der Waals surface area contributed by atoms with Gasteiger partial charge in [-0.25, -0.2) is 9.97 Å². The molecule has 0 aliphatic carbocycles. The lowest BCUT2D eigenvalue weighted by Gasteiger charge is -2.27. The summed E-state index contributed by atoms with van der Waals surface area (Å²) in [5.41, 5.74) is 10.6. The SMILES string of the molecule is Nc1ccc(-c2ncc3c(n2)CCN(Cc2ccc(-c4ccc(Cl)cc4Cl)o2)C3)cc1. The topological polar surface area (TPSA) is 68.2 Å². The summed E-state index contributed by atoms with van der Waals surface area (Å²) in [4.78, 5) is 11.7. The highest BCUT2D eigenvalue weighted by atomic mass is 35.5. The number of anilines is 1. The molecule has 31 heavy (non-hydrogen) atoms. The number of nitrogen functional groups attached to an aromatic ring is 1. The lowest BCUT2D eigenvalue weighted by Crippen LogP contribution is -2.30. The Morgan fingerprint density at radius 3 is 2.68 bits per heavy atom. The van der Waals surface area contributed by atoms with Crippen molar-refractivity contribution < 1.29 is 4.42 Å². The van der Waals surface area contributed by atoms with E-state index in [0.29, 0.717) is 16.6 Å². The molecule has 1 aliphatic heterocycles. The van der Waals surface area contributed by atoms with Crippen molar-refractivity contribution in [2.75, 3.05) is 12.3 Å². The van der Waals surface area contributed by atoms with Crippen LogP contribution in [0.15, 0.2) is 65.2 Å². The molecule has 0 bridgehead atoms. The molecular formula is C24H20Cl2N4O. The van der Waals surface area contributed by atoms with E-state index in [-0.39, 0.29) is 0 Å². The van der Waals surface area contributed by atoms with Crippen LogP contribution in [0, 0.1) is 0 Å². The average molecular weight is 451 g/mol. The number of aromatic nitrogens is 2. The van der Waals surface area contributed by atoms with E-state index in [1.807, 2.05) is 54.7 Å². The van der Waals surface area contributed by atoms with E-state index in [9.17, 15) is 0 Å². The first-order chi connectivity index (χ1) is 15.0. The fraction of sp³-hybridized carbons (Fsp3) is 0.167. The van der Waals surface area contributed by atoms with Crippen molar-refractivity contribution >= 4 is 28.9 Å². The van der Waals surface area contributed by atoms with Crippen LogP contribution in [0.1, 0.15) is 17.0 Å². The Balaban J connectivity index is 1.29. The quantitative estimate of drug-likeness (QED) is 0.394. The maximum Gasteiger partial charge on any atom is 0.159 e. The summed E-state index contributed by atoms with van der Waals surface area (Å²) in [6.07, 6.45) is 2.80. The molecule has 5 rings (SSSR count). The summed E-state index contributed by atoms with van der Waals surface area (Å²) in [6, 6.07) is 17.0. The molecule has 156 valence electrons. The monoisotopic (exact) mass is 450 g/mol. The summed E-state index contributed by atoms with van der Waals surface area (Å²) in [5.74, 6) is 2.37. The second kappa shape index (κ2) is 8.35. The maximum absolute atomic E-state index is 6.31. The summed E-state index contributed by atoms with van der Waals surface area (Å²) >= 11 is 12.3. The Morgan fingerprint density at radius 1 is 1.03 bits per heavy atom. The zero-order valence-corrected chi connectivity index (χ0v) is 18.2. The molecule has 0 fully saturated rings. The van der Waals surface area contributed by atoms with Gasteiger partial charge in [0, 0.05) is 53.1 Å². The van der Waals surface area contributed by atoms with Gasteiger partial charge in [0.25, 0.3) is 0 Å². The first kappa shape index (κ1) is 20.1. The number of furan rings is 1. The van der Waals surface area contributed by atoms with E-state index >= 15 is 0 Å². The minimum absolute atomic E-state index is 0.578. The Bertz CT molecular complexity index is 1240. The third kappa shape index (κ3) is 4.30. The minimum atomic E-state index is 0.578. The molecule has 5 nitrogen and oxygen atoms in total. The molecule has 0 spiro atoms. The molecule has 0 radical (unpaired) electrons. The van der Waals surface area contributed by atoms with E-state index in [1.165, 1.54) is 0 Å². The Kier molecular flexibility index (Phi) is 5.40. The van der Waals surface area contributed by atoms with E-state index in [4.69, 9.17) is 38.3 Å². The molecule has 0 unspecified atom stereocenters. The smallest absolute Gasteiger partial charge is 0.159 e. The predicted molar refractivity (Wildman–Crippen MR) is 124 cm³/mol. The number of benzene rings is 2. The molecular weight excluding hydrogens is 431 g/mol. The second-order valence-corrected chi connectivity index (χ2v) is 8.48. The van der Waals surface area contributed by atoms with Gasteiger partial charge in [-0.3, -0.25) is 4.90 Å². The summed E-state index contributed by atoms with van der Waals surface area (Å²) in [7, 11) is 0. The molecule has 7 heteroatoms.